The molecule has 100 valence electrons. The highest BCUT2D eigenvalue weighted by Gasteiger charge is 2.15. The van der Waals surface area contributed by atoms with E-state index in [4.69, 9.17) is 16.7 Å². The molecule has 1 aromatic heterocycles. The predicted molar refractivity (Wildman–Crippen MR) is 70.2 cm³/mol. The summed E-state index contributed by atoms with van der Waals surface area (Å²) in [5.41, 5.74) is 0.953. The van der Waals surface area contributed by atoms with Gasteiger partial charge in [0.05, 0.1) is 19.0 Å². The van der Waals surface area contributed by atoms with Gasteiger partial charge in [-0.25, -0.2) is 18.4 Å². The van der Waals surface area contributed by atoms with Crippen LogP contribution in [0.1, 0.15) is 5.56 Å². The summed E-state index contributed by atoms with van der Waals surface area (Å²) in [6, 6.07) is 6.44. The summed E-state index contributed by atoms with van der Waals surface area (Å²) in [6.45, 7) is -0.167. The Balaban J connectivity index is 2.28. The Morgan fingerprint density at radius 1 is 1.26 bits per heavy atom. The Hall–Kier alpha value is -1.70. The van der Waals surface area contributed by atoms with Crippen molar-refractivity contribution in [3.05, 3.63) is 47.5 Å². The molecule has 2 rings (SSSR count). The van der Waals surface area contributed by atoms with Crippen LogP contribution in [0.15, 0.2) is 41.6 Å². The summed E-state index contributed by atoms with van der Waals surface area (Å²) < 4.78 is 26.4. The fourth-order valence-electron chi connectivity index (χ4n) is 1.39. The van der Waals surface area contributed by atoms with Gasteiger partial charge in [0.2, 0.25) is 5.28 Å². The second-order valence-electron chi connectivity index (χ2n) is 3.65. The van der Waals surface area contributed by atoms with Crippen molar-refractivity contribution in [1.29, 1.82) is 0 Å². The summed E-state index contributed by atoms with van der Waals surface area (Å²) in [5.74, 6) is 0. The van der Waals surface area contributed by atoms with Gasteiger partial charge < -0.3 is 5.11 Å². The zero-order chi connectivity index (χ0) is 13.9. The van der Waals surface area contributed by atoms with Crippen LogP contribution in [0, 0.1) is 0 Å². The Morgan fingerprint density at radius 2 is 1.95 bits per heavy atom. The fourth-order valence-corrected chi connectivity index (χ4v) is 2.42. The van der Waals surface area contributed by atoms with Crippen LogP contribution in [0.5, 0.6) is 0 Å². The monoisotopic (exact) mass is 299 g/mol. The maximum Gasteiger partial charge on any atom is 0.264 e. The average Bonchev–Trinajstić information content (AvgIpc) is 2.39. The van der Waals surface area contributed by atoms with Crippen molar-refractivity contribution in [2.24, 2.45) is 0 Å². The number of rotatable bonds is 4. The molecule has 0 bridgehead atoms. The first-order chi connectivity index (χ1) is 9.01. The molecule has 0 amide bonds. The number of hydrogen-bond acceptors (Lipinski definition) is 5. The molecule has 0 aliphatic carbocycles. The van der Waals surface area contributed by atoms with E-state index in [0.717, 1.165) is 12.4 Å². The van der Waals surface area contributed by atoms with E-state index in [-0.39, 0.29) is 16.8 Å². The number of nitrogens with one attached hydrogen (secondary N) is 1. The molecule has 0 aliphatic heterocycles. The Kier molecular flexibility index (Phi) is 3.98. The molecular weight excluding hydrogens is 290 g/mol. The second kappa shape index (κ2) is 5.52. The number of aliphatic hydroxyl groups excluding tert-OH is 1. The van der Waals surface area contributed by atoms with E-state index in [1.807, 2.05) is 0 Å². The molecule has 2 N–H and O–H groups in total. The lowest BCUT2D eigenvalue weighted by Crippen LogP contribution is -2.13. The molecule has 1 aromatic carbocycles. The molecule has 0 saturated heterocycles. The number of anilines is 1. The highest BCUT2D eigenvalue weighted by atomic mass is 35.5. The number of aromatic nitrogens is 2. The zero-order valence-electron chi connectivity index (χ0n) is 9.62. The molecule has 0 radical (unpaired) electrons. The van der Waals surface area contributed by atoms with E-state index >= 15 is 0 Å². The minimum atomic E-state index is -3.77. The molecule has 0 aliphatic rings. The van der Waals surface area contributed by atoms with Crippen molar-refractivity contribution in [2.45, 2.75) is 11.5 Å². The van der Waals surface area contributed by atoms with Crippen LogP contribution >= 0.6 is 11.6 Å². The molecule has 0 unspecified atom stereocenters. The van der Waals surface area contributed by atoms with E-state index in [1.54, 1.807) is 18.2 Å². The maximum absolute atomic E-state index is 12.0. The fraction of sp³-hybridized carbons (Fsp3) is 0.0909. The summed E-state index contributed by atoms with van der Waals surface area (Å²) in [6.07, 6.45) is 2.24. The number of halogens is 1. The van der Waals surface area contributed by atoms with Gasteiger partial charge in [-0.15, -0.1) is 0 Å². The van der Waals surface area contributed by atoms with Gasteiger partial charge in [-0.05, 0) is 29.3 Å². The smallest absolute Gasteiger partial charge is 0.264 e. The predicted octanol–water partition coefficient (Wildman–Crippen LogP) is 1.42. The van der Waals surface area contributed by atoms with Crippen molar-refractivity contribution in [3.63, 3.8) is 0 Å². The molecule has 2 aromatic rings. The first-order valence-corrected chi connectivity index (χ1v) is 7.07. The molecule has 1 heterocycles. The van der Waals surface area contributed by atoms with Gasteiger partial charge in [-0.3, -0.25) is 4.72 Å². The summed E-state index contributed by atoms with van der Waals surface area (Å²) in [5, 5.41) is 8.97. The molecule has 0 atom stereocenters. The molecule has 6 nitrogen and oxygen atoms in total. The standard InChI is InChI=1S/C11H10ClN3O3S/c12-11-13-5-10(6-14-11)19(17,18)15-9-3-1-2-8(4-9)7-16/h1-6,15-16H,7H2. The van der Waals surface area contributed by atoms with Crippen LogP contribution in [0.2, 0.25) is 5.28 Å². The van der Waals surface area contributed by atoms with E-state index in [1.165, 1.54) is 6.07 Å². The van der Waals surface area contributed by atoms with Gasteiger partial charge in [0.1, 0.15) is 4.90 Å². The van der Waals surface area contributed by atoms with Crippen molar-refractivity contribution >= 4 is 27.3 Å². The second-order valence-corrected chi connectivity index (χ2v) is 5.67. The number of nitrogens with zero attached hydrogens (tertiary/aromatic N) is 2. The Bertz CT molecular complexity index is 674. The molecule has 0 fully saturated rings. The average molecular weight is 300 g/mol. The third kappa shape index (κ3) is 3.40. The highest BCUT2D eigenvalue weighted by molar-refractivity contribution is 7.92. The Labute approximate surface area is 115 Å². The first-order valence-electron chi connectivity index (χ1n) is 5.21. The van der Waals surface area contributed by atoms with Crippen LogP contribution in [-0.4, -0.2) is 23.5 Å². The lowest BCUT2D eigenvalue weighted by molar-refractivity contribution is 0.282. The number of sulfonamides is 1. The maximum atomic E-state index is 12.0. The van der Waals surface area contributed by atoms with Crippen LogP contribution in [0.3, 0.4) is 0 Å². The van der Waals surface area contributed by atoms with Crippen molar-refractivity contribution < 1.29 is 13.5 Å². The van der Waals surface area contributed by atoms with Gasteiger partial charge in [-0.2, -0.15) is 0 Å². The lowest BCUT2D eigenvalue weighted by Gasteiger charge is -2.08. The van der Waals surface area contributed by atoms with E-state index < -0.39 is 10.0 Å². The van der Waals surface area contributed by atoms with Gasteiger partial charge in [-0.1, -0.05) is 12.1 Å². The van der Waals surface area contributed by atoms with Crippen LogP contribution in [0.25, 0.3) is 0 Å². The quantitative estimate of drug-likeness (QED) is 0.833. The molecule has 8 heteroatoms. The highest BCUT2D eigenvalue weighted by Crippen LogP contribution is 2.16. The number of hydrogen-bond donors (Lipinski definition) is 2. The number of aliphatic hydroxyl groups is 1. The zero-order valence-corrected chi connectivity index (χ0v) is 11.2. The largest absolute Gasteiger partial charge is 0.392 e. The Morgan fingerprint density at radius 3 is 2.58 bits per heavy atom. The molecule has 0 spiro atoms. The van der Waals surface area contributed by atoms with E-state index in [2.05, 4.69) is 14.7 Å². The van der Waals surface area contributed by atoms with Gasteiger partial charge >= 0.3 is 0 Å². The van der Waals surface area contributed by atoms with Crippen molar-refractivity contribution in [3.8, 4) is 0 Å². The van der Waals surface area contributed by atoms with Gasteiger partial charge in [0.25, 0.3) is 10.0 Å². The van der Waals surface area contributed by atoms with E-state index in [9.17, 15) is 8.42 Å². The lowest BCUT2D eigenvalue weighted by atomic mass is 10.2. The topological polar surface area (TPSA) is 92.2 Å². The summed E-state index contributed by atoms with van der Waals surface area (Å²) >= 11 is 5.50. The van der Waals surface area contributed by atoms with Crippen LogP contribution < -0.4 is 4.72 Å². The normalized spacial score (nSPS) is 11.3. The minimum absolute atomic E-state index is 0.0266. The molecule has 0 saturated carbocycles. The van der Waals surface area contributed by atoms with Crippen molar-refractivity contribution in [2.75, 3.05) is 4.72 Å². The van der Waals surface area contributed by atoms with Crippen LogP contribution in [0.4, 0.5) is 5.69 Å². The van der Waals surface area contributed by atoms with Crippen molar-refractivity contribution in [1.82, 2.24) is 9.97 Å². The third-order valence-electron chi connectivity index (χ3n) is 2.27. The SMILES string of the molecule is O=S(=O)(Nc1cccc(CO)c1)c1cnc(Cl)nc1. The van der Waals surface area contributed by atoms with Crippen LogP contribution in [-0.2, 0) is 16.6 Å². The summed E-state index contributed by atoms with van der Waals surface area (Å²) in [4.78, 5) is 7.14. The minimum Gasteiger partial charge on any atom is -0.392 e. The first kappa shape index (κ1) is 13.7. The summed E-state index contributed by atoms with van der Waals surface area (Å²) in [7, 11) is -3.77. The van der Waals surface area contributed by atoms with Gasteiger partial charge in [0, 0.05) is 5.69 Å². The van der Waals surface area contributed by atoms with Gasteiger partial charge in [0.15, 0.2) is 0 Å². The number of benzene rings is 1. The molecular formula is C11H10ClN3O3S. The van der Waals surface area contributed by atoms with E-state index in [0.29, 0.717) is 11.3 Å². The molecule has 19 heavy (non-hydrogen) atoms. The third-order valence-corrected chi connectivity index (χ3v) is 3.80.